The summed E-state index contributed by atoms with van der Waals surface area (Å²) in [4.78, 5) is 11.9. The maximum absolute atomic E-state index is 11.9. The molecule has 1 N–H and O–H groups in total. The topological polar surface area (TPSA) is 38.3 Å². The second-order valence-electron chi connectivity index (χ2n) is 5.40. The largest absolute Gasteiger partial charge is 0.466 e. The van der Waals surface area contributed by atoms with Gasteiger partial charge in [-0.15, -0.1) is 0 Å². The molecule has 0 aromatic carbocycles. The minimum absolute atomic E-state index is 0.0181. The number of unbranched alkanes of at least 4 members (excludes halogenated alkanes) is 3. The zero-order chi connectivity index (χ0) is 12.7. The van der Waals surface area contributed by atoms with Gasteiger partial charge in [0.25, 0.3) is 0 Å². The smallest absolute Gasteiger partial charge is 0.310 e. The summed E-state index contributed by atoms with van der Waals surface area (Å²) >= 11 is 0. The van der Waals surface area contributed by atoms with Crippen LogP contribution in [0.5, 0.6) is 0 Å². The summed E-state index contributed by atoms with van der Waals surface area (Å²) < 4.78 is 5.17. The molecule has 2 atom stereocenters. The molecule has 1 aliphatic rings. The lowest BCUT2D eigenvalue weighted by molar-refractivity contribution is -0.150. The Labute approximate surface area is 105 Å². The van der Waals surface area contributed by atoms with Gasteiger partial charge in [-0.3, -0.25) is 4.79 Å². The molecule has 1 rings (SSSR count). The quantitative estimate of drug-likeness (QED) is 0.550. The molecule has 0 aromatic rings. The molecule has 17 heavy (non-hydrogen) atoms. The number of carbonyl (C=O) groups is 1. The van der Waals surface area contributed by atoms with Crippen LogP contribution in [0.2, 0.25) is 0 Å². The Kier molecular flexibility index (Phi) is 5.96. The van der Waals surface area contributed by atoms with Crippen molar-refractivity contribution in [1.82, 2.24) is 5.32 Å². The van der Waals surface area contributed by atoms with E-state index in [-0.39, 0.29) is 17.3 Å². The summed E-state index contributed by atoms with van der Waals surface area (Å²) in [6.07, 6.45) is 6.19. The maximum atomic E-state index is 11.9. The predicted octanol–water partition coefficient (Wildman–Crippen LogP) is 2.75. The highest BCUT2D eigenvalue weighted by molar-refractivity contribution is 5.74. The molecule has 0 aromatic heterocycles. The van der Waals surface area contributed by atoms with Crippen molar-refractivity contribution < 1.29 is 9.53 Å². The Morgan fingerprint density at radius 1 is 1.35 bits per heavy atom. The van der Waals surface area contributed by atoms with Crippen LogP contribution in [-0.4, -0.2) is 25.7 Å². The van der Waals surface area contributed by atoms with E-state index in [0.29, 0.717) is 6.61 Å². The number of esters is 1. The number of nitrogens with one attached hydrogen (secondary N) is 1. The minimum atomic E-state index is -0.0181. The third kappa shape index (κ3) is 3.98. The summed E-state index contributed by atoms with van der Waals surface area (Å²) in [6, 6.07) is 0. The zero-order valence-corrected chi connectivity index (χ0v) is 11.6. The standard InChI is InChI=1S/C14H27NO2/c1-4-6-7-8-9-14(3)11-15-10-12(14)13(16)17-5-2/h12,15H,4-11H2,1-3H3. The molecule has 1 heterocycles. The highest BCUT2D eigenvalue weighted by atomic mass is 16.5. The van der Waals surface area contributed by atoms with E-state index in [2.05, 4.69) is 19.2 Å². The van der Waals surface area contributed by atoms with E-state index in [0.717, 1.165) is 19.5 Å². The van der Waals surface area contributed by atoms with Gasteiger partial charge < -0.3 is 10.1 Å². The Hall–Kier alpha value is -0.570. The van der Waals surface area contributed by atoms with Gasteiger partial charge in [0.1, 0.15) is 0 Å². The second-order valence-corrected chi connectivity index (χ2v) is 5.40. The van der Waals surface area contributed by atoms with Crippen molar-refractivity contribution in [1.29, 1.82) is 0 Å². The van der Waals surface area contributed by atoms with Gasteiger partial charge in [0.2, 0.25) is 0 Å². The maximum Gasteiger partial charge on any atom is 0.310 e. The van der Waals surface area contributed by atoms with Crippen LogP contribution < -0.4 is 5.32 Å². The summed E-state index contributed by atoms with van der Waals surface area (Å²) in [7, 11) is 0. The molecule has 3 nitrogen and oxygen atoms in total. The monoisotopic (exact) mass is 241 g/mol. The lowest BCUT2D eigenvalue weighted by atomic mass is 9.76. The van der Waals surface area contributed by atoms with Crippen LogP contribution in [0.1, 0.15) is 52.9 Å². The number of carbonyl (C=O) groups excluding carboxylic acids is 1. The van der Waals surface area contributed by atoms with Crippen LogP contribution in [0.25, 0.3) is 0 Å². The van der Waals surface area contributed by atoms with Gasteiger partial charge >= 0.3 is 5.97 Å². The van der Waals surface area contributed by atoms with Crippen molar-refractivity contribution in [2.45, 2.75) is 52.9 Å². The molecule has 0 radical (unpaired) electrons. The van der Waals surface area contributed by atoms with Gasteiger partial charge in [0, 0.05) is 13.1 Å². The summed E-state index contributed by atoms with van der Waals surface area (Å²) in [6.45, 7) is 8.53. The minimum Gasteiger partial charge on any atom is -0.466 e. The van der Waals surface area contributed by atoms with Gasteiger partial charge in [-0.25, -0.2) is 0 Å². The fourth-order valence-electron chi connectivity index (χ4n) is 2.70. The van der Waals surface area contributed by atoms with E-state index in [9.17, 15) is 4.79 Å². The first kappa shape index (κ1) is 14.5. The third-order valence-electron chi connectivity index (χ3n) is 3.89. The molecule has 0 amide bonds. The van der Waals surface area contributed by atoms with Gasteiger partial charge in [-0.05, 0) is 18.8 Å². The molecule has 0 bridgehead atoms. The molecule has 1 fully saturated rings. The summed E-state index contributed by atoms with van der Waals surface area (Å²) in [5.74, 6) is 0.0274. The normalized spacial score (nSPS) is 28.3. The first-order valence-electron chi connectivity index (χ1n) is 7.01. The first-order valence-corrected chi connectivity index (χ1v) is 7.01. The molecule has 1 aliphatic heterocycles. The fraction of sp³-hybridized carbons (Fsp3) is 0.929. The van der Waals surface area contributed by atoms with Crippen molar-refractivity contribution in [3.8, 4) is 0 Å². The molecule has 100 valence electrons. The third-order valence-corrected chi connectivity index (χ3v) is 3.89. The summed E-state index contributed by atoms with van der Waals surface area (Å²) in [5, 5.41) is 3.34. The highest BCUT2D eigenvalue weighted by Crippen LogP contribution is 2.37. The average molecular weight is 241 g/mol. The van der Waals surface area contributed by atoms with Crippen molar-refractivity contribution >= 4 is 5.97 Å². The van der Waals surface area contributed by atoms with E-state index in [4.69, 9.17) is 4.74 Å². The van der Waals surface area contributed by atoms with Crippen LogP contribution >= 0.6 is 0 Å². The van der Waals surface area contributed by atoms with E-state index >= 15 is 0 Å². The van der Waals surface area contributed by atoms with Gasteiger partial charge in [-0.2, -0.15) is 0 Å². The first-order chi connectivity index (χ1) is 8.14. The molecular formula is C14H27NO2. The molecule has 0 saturated carbocycles. The molecule has 0 aliphatic carbocycles. The lowest BCUT2D eigenvalue weighted by Gasteiger charge is -2.29. The predicted molar refractivity (Wildman–Crippen MR) is 69.9 cm³/mol. The molecule has 1 saturated heterocycles. The lowest BCUT2D eigenvalue weighted by Crippen LogP contribution is -2.33. The SMILES string of the molecule is CCCCCCC1(C)CNCC1C(=O)OCC. The fourth-order valence-corrected chi connectivity index (χ4v) is 2.70. The van der Waals surface area contributed by atoms with Gasteiger partial charge in [0.05, 0.1) is 12.5 Å². The van der Waals surface area contributed by atoms with Crippen LogP contribution in [-0.2, 0) is 9.53 Å². The highest BCUT2D eigenvalue weighted by Gasteiger charge is 2.43. The average Bonchev–Trinajstić information content (AvgIpc) is 2.68. The van der Waals surface area contributed by atoms with E-state index in [1.54, 1.807) is 0 Å². The molecule has 2 unspecified atom stereocenters. The van der Waals surface area contributed by atoms with Gasteiger partial charge in [0.15, 0.2) is 0 Å². The van der Waals surface area contributed by atoms with Crippen molar-refractivity contribution in [3.05, 3.63) is 0 Å². The van der Waals surface area contributed by atoms with Crippen LogP contribution in [0.3, 0.4) is 0 Å². The Bertz CT molecular complexity index is 242. The number of hydrogen-bond acceptors (Lipinski definition) is 3. The van der Waals surface area contributed by atoms with E-state index < -0.39 is 0 Å². The number of ether oxygens (including phenoxy) is 1. The van der Waals surface area contributed by atoms with Crippen LogP contribution in [0, 0.1) is 11.3 Å². The van der Waals surface area contributed by atoms with Gasteiger partial charge in [-0.1, -0.05) is 39.5 Å². The van der Waals surface area contributed by atoms with E-state index in [1.807, 2.05) is 6.92 Å². The van der Waals surface area contributed by atoms with E-state index in [1.165, 1.54) is 25.7 Å². The Morgan fingerprint density at radius 2 is 2.12 bits per heavy atom. The van der Waals surface area contributed by atoms with Crippen molar-refractivity contribution in [2.24, 2.45) is 11.3 Å². The van der Waals surface area contributed by atoms with Crippen LogP contribution in [0.15, 0.2) is 0 Å². The molecule has 0 spiro atoms. The number of rotatable bonds is 7. The Morgan fingerprint density at radius 3 is 2.76 bits per heavy atom. The summed E-state index contributed by atoms with van der Waals surface area (Å²) in [5.41, 5.74) is 0.0972. The zero-order valence-electron chi connectivity index (χ0n) is 11.6. The molecule has 3 heteroatoms. The molecular weight excluding hydrogens is 214 g/mol. The Balaban J connectivity index is 2.44. The van der Waals surface area contributed by atoms with Crippen molar-refractivity contribution in [2.75, 3.05) is 19.7 Å². The van der Waals surface area contributed by atoms with Crippen molar-refractivity contribution in [3.63, 3.8) is 0 Å². The number of hydrogen-bond donors (Lipinski definition) is 1. The van der Waals surface area contributed by atoms with Crippen LogP contribution in [0.4, 0.5) is 0 Å². The second kappa shape index (κ2) is 7.00.